The van der Waals surface area contributed by atoms with E-state index < -0.39 is 0 Å². The van der Waals surface area contributed by atoms with Crippen LogP contribution >= 0.6 is 0 Å². The molecular formula is C13H23NO. The number of nitrogens with zero attached hydrogens (tertiary/aromatic N) is 1. The van der Waals surface area contributed by atoms with E-state index in [4.69, 9.17) is 0 Å². The van der Waals surface area contributed by atoms with Crippen LogP contribution < -0.4 is 0 Å². The lowest BCUT2D eigenvalue weighted by Crippen LogP contribution is -2.46. The molecule has 1 fully saturated rings. The fourth-order valence-corrected chi connectivity index (χ4v) is 2.10. The van der Waals surface area contributed by atoms with Gasteiger partial charge in [-0.3, -0.25) is 4.79 Å². The first kappa shape index (κ1) is 12.3. The summed E-state index contributed by atoms with van der Waals surface area (Å²) in [6.07, 6.45) is 3.60. The molecule has 1 rings (SSSR count). The van der Waals surface area contributed by atoms with E-state index in [0.29, 0.717) is 10.8 Å². The highest BCUT2D eigenvalue weighted by atomic mass is 16.2. The van der Waals surface area contributed by atoms with Crippen molar-refractivity contribution in [3.8, 4) is 0 Å². The van der Waals surface area contributed by atoms with E-state index in [1.807, 2.05) is 4.90 Å². The molecule has 1 amide bonds. The number of hydrogen-bond acceptors (Lipinski definition) is 1. The van der Waals surface area contributed by atoms with Crippen LogP contribution in [0.25, 0.3) is 0 Å². The third-order valence-electron chi connectivity index (χ3n) is 4.16. The summed E-state index contributed by atoms with van der Waals surface area (Å²) in [5, 5.41) is 0. The Balaban J connectivity index is 2.63. The predicted molar refractivity (Wildman–Crippen MR) is 63.6 cm³/mol. The molecule has 0 aromatic carbocycles. The molecule has 0 aliphatic carbocycles. The average molecular weight is 209 g/mol. The highest BCUT2D eigenvalue weighted by Gasteiger charge is 2.40. The molecule has 0 unspecified atom stereocenters. The molecule has 0 bridgehead atoms. The first-order valence-corrected chi connectivity index (χ1v) is 5.71. The highest BCUT2D eigenvalue weighted by molar-refractivity contribution is 5.87. The number of rotatable bonds is 1. The molecule has 2 nitrogen and oxygen atoms in total. The second-order valence-electron chi connectivity index (χ2n) is 5.84. The van der Waals surface area contributed by atoms with Gasteiger partial charge in [-0.2, -0.15) is 0 Å². The Kier molecular flexibility index (Phi) is 3.27. The van der Waals surface area contributed by atoms with Crippen LogP contribution in [0.3, 0.4) is 0 Å². The molecule has 0 N–H and O–H groups in total. The van der Waals surface area contributed by atoms with Crippen molar-refractivity contribution in [2.75, 3.05) is 13.1 Å². The summed E-state index contributed by atoms with van der Waals surface area (Å²) in [4.78, 5) is 13.3. The molecule has 0 saturated carbocycles. The van der Waals surface area contributed by atoms with E-state index in [1.54, 1.807) is 0 Å². The minimum atomic E-state index is 0.0750. The summed E-state index contributed by atoms with van der Waals surface area (Å²) in [5.41, 5.74) is 0.668. The molecule has 1 saturated heterocycles. The number of amides is 1. The van der Waals surface area contributed by atoms with Gasteiger partial charge >= 0.3 is 0 Å². The van der Waals surface area contributed by atoms with Gasteiger partial charge in [0.25, 0.3) is 0 Å². The van der Waals surface area contributed by atoms with Crippen LogP contribution in [0, 0.1) is 10.8 Å². The zero-order chi connectivity index (χ0) is 11.7. The molecule has 15 heavy (non-hydrogen) atoms. The van der Waals surface area contributed by atoms with E-state index in [9.17, 15) is 4.79 Å². The highest BCUT2D eigenvalue weighted by Crippen LogP contribution is 2.46. The summed E-state index contributed by atoms with van der Waals surface area (Å²) in [7, 11) is 0. The van der Waals surface area contributed by atoms with Gasteiger partial charge in [-0.05, 0) is 29.7 Å². The van der Waals surface area contributed by atoms with Gasteiger partial charge in [-0.1, -0.05) is 34.3 Å². The maximum atomic E-state index is 11.4. The van der Waals surface area contributed by atoms with Crippen molar-refractivity contribution in [3.63, 3.8) is 0 Å². The Labute approximate surface area is 93.3 Å². The maximum Gasteiger partial charge on any atom is 0.245 e. The second kappa shape index (κ2) is 3.99. The lowest BCUT2D eigenvalue weighted by molar-refractivity contribution is -0.129. The smallest absolute Gasteiger partial charge is 0.245 e. The number of carbonyl (C=O) groups excluding carboxylic acids is 1. The van der Waals surface area contributed by atoms with E-state index in [0.717, 1.165) is 25.9 Å². The zero-order valence-corrected chi connectivity index (χ0v) is 10.5. The molecule has 1 aliphatic heterocycles. The predicted octanol–water partition coefficient (Wildman–Crippen LogP) is 2.85. The fraction of sp³-hybridized carbons (Fsp3) is 0.769. The number of piperidine rings is 1. The summed E-state index contributed by atoms with van der Waals surface area (Å²) >= 11 is 0. The molecule has 0 spiro atoms. The van der Waals surface area contributed by atoms with Gasteiger partial charge in [0, 0.05) is 13.1 Å². The van der Waals surface area contributed by atoms with E-state index in [1.165, 1.54) is 6.08 Å². The van der Waals surface area contributed by atoms with Crippen LogP contribution in [0.2, 0.25) is 0 Å². The van der Waals surface area contributed by atoms with Crippen molar-refractivity contribution in [1.82, 2.24) is 4.90 Å². The number of likely N-dealkylation sites (tertiary alicyclic amines) is 1. The number of carbonyl (C=O) groups is 1. The third kappa shape index (κ3) is 2.42. The Hall–Kier alpha value is -0.790. The first-order chi connectivity index (χ1) is 6.80. The normalized spacial score (nSPS) is 21.2. The molecule has 2 heteroatoms. The quantitative estimate of drug-likeness (QED) is 0.608. The molecule has 0 radical (unpaired) electrons. The van der Waals surface area contributed by atoms with Gasteiger partial charge in [-0.15, -0.1) is 0 Å². The Morgan fingerprint density at radius 3 is 2.13 bits per heavy atom. The van der Waals surface area contributed by atoms with Crippen LogP contribution in [0.4, 0.5) is 0 Å². The molecule has 1 heterocycles. The van der Waals surface area contributed by atoms with E-state index in [2.05, 4.69) is 34.3 Å². The van der Waals surface area contributed by atoms with Gasteiger partial charge in [0.15, 0.2) is 0 Å². The van der Waals surface area contributed by atoms with Gasteiger partial charge in [-0.25, -0.2) is 0 Å². The SMILES string of the molecule is C=CC(=O)N1CCC(C)(C(C)(C)C)CC1. The molecule has 1 aliphatic rings. The summed E-state index contributed by atoms with van der Waals surface area (Å²) in [6, 6.07) is 0. The van der Waals surface area contributed by atoms with Gasteiger partial charge in [0.05, 0.1) is 0 Å². The zero-order valence-electron chi connectivity index (χ0n) is 10.5. The van der Waals surface area contributed by atoms with Gasteiger partial charge in [0.1, 0.15) is 0 Å². The molecule has 86 valence electrons. The molecule has 0 aromatic heterocycles. The topological polar surface area (TPSA) is 20.3 Å². The Morgan fingerprint density at radius 2 is 1.80 bits per heavy atom. The lowest BCUT2D eigenvalue weighted by Gasteiger charge is -2.47. The molecular weight excluding hydrogens is 186 g/mol. The van der Waals surface area contributed by atoms with E-state index >= 15 is 0 Å². The van der Waals surface area contributed by atoms with Crippen molar-refractivity contribution in [2.45, 2.75) is 40.5 Å². The van der Waals surface area contributed by atoms with Crippen LogP contribution in [0.1, 0.15) is 40.5 Å². The second-order valence-corrected chi connectivity index (χ2v) is 5.84. The van der Waals surface area contributed by atoms with Crippen molar-refractivity contribution in [1.29, 1.82) is 0 Å². The van der Waals surface area contributed by atoms with Crippen LogP contribution in [-0.2, 0) is 4.79 Å². The Bertz CT molecular complexity index is 254. The van der Waals surface area contributed by atoms with Crippen LogP contribution in [0.15, 0.2) is 12.7 Å². The van der Waals surface area contributed by atoms with Gasteiger partial charge < -0.3 is 4.90 Å². The lowest BCUT2D eigenvalue weighted by atomic mass is 9.63. The van der Waals surface area contributed by atoms with Crippen molar-refractivity contribution in [2.24, 2.45) is 10.8 Å². The molecule has 0 aromatic rings. The third-order valence-corrected chi connectivity index (χ3v) is 4.16. The van der Waals surface area contributed by atoms with Crippen LogP contribution in [-0.4, -0.2) is 23.9 Å². The van der Waals surface area contributed by atoms with Gasteiger partial charge in [0.2, 0.25) is 5.91 Å². The number of hydrogen-bond donors (Lipinski definition) is 0. The Morgan fingerprint density at radius 1 is 1.33 bits per heavy atom. The maximum absolute atomic E-state index is 11.4. The minimum Gasteiger partial charge on any atom is -0.339 e. The van der Waals surface area contributed by atoms with Crippen molar-refractivity contribution < 1.29 is 4.79 Å². The van der Waals surface area contributed by atoms with Crippen LogP contribution in [0.5, 0.6) is 0 Å². The first-order valence-electron chi connectivity index (χ1n) is 5.71. The summed E-state index contributed by atoms with van der Waals surface area (Å²) in [6.45, 7) is 14.5. The fourth-order valence-electron chi connectivity index (χ4n) is 2.10. The molecule has 0 atom stereocenters. The largest absolute Gasteiger partial charge is 0.339 e. The van der Waals surface area contributed by atoms with Crippen molar-refractivity contribution in [3.05, 3.63) is 12.7 Å². The summed E-state index contributed by atoms with van der Waals surface area (Å²) in [5.74, 6) is 0.0750. The van der Waals surface area contributed by atoms with Crippen molar-refractivity contribution >= 4 is 5.91 Å². The minimum absolute atomic E-state index is 0.0750. The van der Waals surface area contributed by atoms with E-state index in [-0.39, 0.29) is 5.91 Å². The summed E-state index contributed by atoms with van der Waals surface area (Å²) < 4.78 is 0. The average Bonchev–Trinajstić information content (AvgIpc) is 2.16. The monoisotopic (exact) mass is 209 g/mol. The standard InChI is InChI=1S/C13H23NO/c1-6-11(15)14-9-7-13(5,8-10-14)12(2,3)4/h6H,1,7-10H2,2-5H3.